The lowest BCUT2D eigenvalue weighted by molar-refractivity contribution is -0.112. The number of hydrogen-bond donors (Lipinski definition) is 4. The molecule has 33 heavy (non-hydrogen) atoms. The number of amides is 1. The van der Waals surface area contributed by atoms with Crippen molar-refractivity contribution in [2.45, 2.75) is 19.1 Å². The summed E-state index contributed by atoms with van der Waals surface area (Å²) in [6.07, 6.45) is 8.00. The number of halogens is 1. The Morgan fingerprint density at radius 1 is 1.27 bits per heavy atom. The predicted molar refractivity (Wildman–Crippen MR) is 135 cm³/mol. The highest BCUT2D eigenvalue weighted by Gasteiger charge is 2.23. The number of aromatic nitrogens is 1. The number of thiol groups is 1. The predicted octanol–water partition coefficient (Wildman–Crippen LogP) is 3.90. The fourth-order valence-electron chi connectivity index (χ4n) is 3.82. The number of benzene rings is 1. The van der Waals surface area contributed by atoms with Crippen LogP contribution in [0.5, 0.6) is 0 Å². The Labute approximate surface area is 204 Å². The molecule has 1 aromatic carbocycles. The summed E-state index contributed by atoms with van der Waals surface area (Å²) in [5, 5.41) is 16.7. The number of nitrogens with one attached hydrogen (secondary N) is 2. The Morgan fingerprint density at radius 2 is 2.00 bits per heavy atom. The zero-order valence-corrected chi connectivity index (χ0v) is 19.7. The van der Waals surface area contributed by atoms with Crippen LogP contribution in [0.2, 0.25) is 0 Å². The first-order valence-electron chi connectivity index (χ1n) is 10.7. The van der Waals surface area contributed by atoms with Gasteiger partial charge in [-0.25, -0.2) is 0 Å². The van der Waals surface area contributed by atoms with Crippen LogP contribution in [0.3, 0.4) is 0 Å². The number of hydrogen-bond acceptors (Lipinski definition) is 7. The van der Waals surface area contributed by atoms with Crippen LogP contribution in [0.15, 0.2) is 65.3 Å². The Balaban J connectivity index is 1.63. The second kappa shape index (κ2) is 12.6. The molecule has 1 unspecified atom stereocenters. The van der Waals surface area contributed by atoms with E-state index in [1.807, 2.05) is 12.1 Å². The number of piperidine rings is 1. The SMILES string of the molecule is O=Cc1cccc(NC(=O)/C(S)=C/C=C/Cl)c1C(O)NCC1CCN(c2ccncc2)CC1. The van der Waals surface area contributed by atoms with Crippen molar-refractivity contribution in [3.63, 3.8) is 0 Å². The number of carbonyl (C=O) groups is 2. The van der Waals surface area contributed by atoms with Crippen LogP contribution >= 0.6 is 24.2 Å². The number of pyridine rings is 1. The van der Waals surface area contributed by atoms with Crippen molar-refractivity contribution in [2.24, 2.45) is 5.92 Å². The van der Waals surface area contributed by atoms with E-state index in [9.17, 15) is 14.7 Å². The number of anilines is 2. The number of aliphatic hydroxyl groups is 1. The van der Waals surface area contributed by atoms with Gasteiger partial charge in [0.1, 0.15) is 6.23 Å². The molecule has 1 atom stereocenters. The Hall–Kier alpha value is -2.65. The maximum Gasteiger partial charge on any atom is 0.261 e. The molecular weight excluding hydrogens is 460 g/mol. The van der Waals surface area contributed by atoms with Crippen LogP contribution in [0.4, 0.5) is 11.4 Å². The van der Waals surface area contributed by atoms with Crippen molar-refractivity contribution in [3.05, 3.63) is 76.4 Å². The highest BCUT2D eigenvalue weighted by Crippen LogP contribution is 2.27. The first kappa shape index (κ1) is 25.0. The van der Waals surface area contributed by atoms with E-state index in [1.54, 1.807) is 30.6 Å². The van der Waals surface area contributed by atoms with Crippen LogP contribution in [-0.4, -0.2) is 41.9 Å². The van der Waals surface area contributed by atoms with E-state index >= 15 is 0 Å². The number of nitrogens with zero attached hydrogens (tertiary/aromatic N) is 2. The number of aldehydes is 1. The lowest BCUT2D eigenvalue weighted by atomic mass is 9.96. The van der Waals surface area contributed by atoms with Crippen molar-refractivity contribution in [1.82, 2.24) is 10.3 Å². The smallest absolute Gasteiger partial charge is 0.261 e. The van der Waals surface area contributed by atoms with Gasteiger partial charge in [-0.05, 0) is 49.1 Å². The molecule has 1 aliphatic heterocycles. The van der Waals surface area contributed by atoms with E-state index in [0.29, 0.717) is 35.6 Å². The van der Waals surface area contributed by atoms with Crippen LogP contribution < -0.4 is 15.5 Å². The average molecular weight is 487 g/mol. The van der Waals surface area contributed by atoms with E-state index in [4.69, 9.17) is 11.6 Å². The molecule has 1 aliphatic rings. The third-order valence-corrected chi connectivity index (χ3v) is 6.09. The largest absolute Gasteiger partial charge is 0.374 e. The minimum atomic E-state index is -1.12. The Kier molecular flexibility index (Phi) is 9.50. The molecule has 0 aliphatic carbocycles. The maximum absolute atomic E-state index is 12.4. The molecule has 2 heterocycles. The summed E-state index contributed by atoms with van der Waals surface area (Å²) < 4.78 is 0. The van der Waals surface area contributed by atoms with E-state index in [2.05, 4.69) is 33.1 Å². The topological polar surface area (TPSA) is 94.6 Å². The first-order chi connectivity index (χ1) is 16.0. The van der Waals surface area contributed by atoms with Crippen molar-refractivity contribution >= 4 is 47.8 Å². The van der Waals surface area contributed by atoms with Gasteiger partial charge in [-0.3, -0.25) is 19.9 Å². The molecule has 1 fully saturated rings. The van der Waals surface area contributed by atoms with Gasteiger partial charge in [0.15, 0.2) is 6.29 Å². The van der Waals surface area contributed by atoms with E-state index in [1.165, 1.54) is 17.7 Å². The molecular formula is C24H27ClN4O3S. The van der Waals surface area contributed by atoms with Crippen molar-refractivity contribution in [1.29, 1.82) is 0 Å². The van der Waals surface area contributed by atoms with Crippen LogP contribution in [0, 0.1) is 5.92 Å². The summed E-state index contributed by atoms with van der Waals surface area (Å²) in [6.45, 7) is 2.43. The van der Waals surface area contributed by atoms with Crippen molar-refractivity contribution in [2.75, 3.05) is 29.9 Å². The minimum absolute atomic E-state index is 0.137. The zero-order valence-electron chi connectivity index (χ0n) is 18.0. The van der Waals surface area contributed by atoms with Gasteiger partial charge in [0.2, 0.25) is 0 Å². The van der Waals surface area contributed by atoms with Gasteiger partial charge in [-0.2, -0.15) is 0 Å². The van der Waals surface area contributed by atoms with Crippen LogP contribution in [0.1, 0.15) is 35.0 Å². The van der Waals surface area contributed by atoms with Gasteiger partial charge in [0.05, 0.1) is 4.91 Å². The molecule has 2 aromatic rings. The molecule has 3 rings (SSSR count). The molecule has 1 saturated heterocycles. The van der Waals surface area contributed by atoms with Gasteiger partial charge in [0.25, 0.3) is 5.91 Å². The first-order valence-corrected chi connectivity index (χ1v) is 11.5. The second-order valence-corrected chi connectivity index (χ2v) is 8.43. The van der Waals surface area contributed by atoms with Gasteiger partial charge < -0.3 is 15.3 Å². The Morgan fingerprint density at radius 3 is 2.67 bits per heavy atom. The summed E-state index contributed by atoms with van der Waals surface area (Å²) in [5.41, 5.74) is 3.38. The molecule has 3 N–H and O–H groups in total. The zero-order chi connectivity index (χ0) is 23.6. The summed E-state index contributed by atoms with van der Waals surface area (Å²) in [6, 6.07) is 8.89. The highest BCUT2D eigenvalue weighted by molar-refractivity contribution is 7.85. The monoisotopic (exact) mass is 486 g/mol. The molecule has 1 aromatic heterocycles. The van der Waals surface area contributed by atoms with Gasteiger partial charge in [0, 0.05) is 60.1 Å². The highest BCUT2D eigenvalue weighted by atomic mass is 35.5. The molecule has 174 valence electrons. The summed E-state index contributed by atoms with van der Waals surface area (Å²) >= 11 is 9.63. The molecule has 0 spiro atoms. The number of carbonyl (C=O) groups excluding carboxylic acids is 2. The van der Waals surface area contributed by atoms with Gasteiger partial charge in [-0.1, -0.05) is 23.7 Å². The molecule has 9 heteroatoms. The fourth-order valence-corrected chi connectivity index (χ4v) is 4.03. The van der Waals surface area contributed by atoms with E-state index in [0.717, 1.165) is 31.6 Å². The molecule has 0 radical (unpaired) electrons. The number of allylic oxidation sites excluding steroid dienone is 2. The standard InChI is InChI=1S/C24H27ClN4O3S/c25-10-2-5-21(33)23(31)28-20-4-1-3-18(16-30)22(20)24(32)27-15-17-8-13-29(14-9-17)19-6-11-26-12-7-19/h1-7,10-12,16-17,24,27,32-33H,8-9,13-15H2,(H,28,31)/b10-2+,21-5-. The van der Waals surface area contributed by atoms with E-state index < -0.39 is 12.1 Å². The van der Waals surface area contributed by atoms with Gasteiger partial charge >= 0.3 is 0 Å². The summed E-state index contributed by atoms with van der Waals surface area (Å²) in [5.74, 6) is -0.0958. The fraction of sp³-hybridized carbons (Fsp3) is 0.292. The van der Waals surface area contributed by atoms with E-state index in [-0.39, 0.29) is 4.91 Å². The normalized spacial score (nSPS) is 16.1. The van der Waals surface area contributed by atoms with Crippen LogP contribution in [0.25, 0.3) is 0 Å². The van der Waals surface area contributed by atoms with Crippen molar-refractivity contribution in [3.8, 4) is 0 Å². The number of rotatable bonds is 9. The lowest BCUT2D eigenvalue weighted by Gasteiger charge is -2.34. The van der Waals surface area contributed by atoms with Crippen LogP contribution in [-0.2, 0) is 4.79 Å². The quantitative estimate of drug-likeness (QED) is 0.141. The van der Waals surface area contributed by atoms with Gasteiger partial charge in [-0.15, -0.1) is 12.6 Å². The third kappa shape index (κ3) is 6.91. The summed E-state index contributed by atoms with van der Waals surface area (Å²) in [7, 11) is 0. The molecule has 0 bridgehead atoms. The maximum atomic E-state index is 12.4. The average Bonchev–Trinajstić information content (AvgIpc) is 2.86. The summed E-state index contributed by atoms with van der Waals surface area (Å²) in [4.78, 5) is 30.5. The number of aliphatic hydroxyl groups excluding tert-OH is 1. The molecule has 0 saturated carbocycles. The Bertz CT molecular complexity index is 1010. The molecule has 7 nitrogen and oxygen atoms in total. The third-order valence-electron chi connectivity index (χ3n) is 5.59. The molecule has 1 amide bonds. The minimum Gasteiger partial charge on any atom is -0.374 e. The lowest BCUT2D eigenvalue weighted by Crippen LogP contribution is -2.38. The van der Waals surface area contributed by atoms with Crippen molar-refractivity contribution < 1.29 is 14.7 Å². The second-order valence-electron chi connectivity index (χ2n) is 7.70.